The standard InChI is InChI=1S/C14H12ClN3OS2/c1-7-10(15)5-12(20-7)14(19)18-6-8-4-9-11(21-8)2-3-17-13(9)16/h2-5H,6H2,1H3,(H2,16,17)(H,18,19). The van der Waals surface area contributed by atoms with Crippen LogP contribution in [0.5, 0.6) is 0 Å². The van der Waals surface area contributed by atoms with E-state index in [0.29, 0.717) is 22.3 Å². The van der Waals surface area contributed by atoms with Gasteiger partial charge < -0.3 is 11.1 Å². The van der Waals surface area contributed by atoms with E-state index in [1.807, 2.05) is 19.1 Å². The predicted octanol–water partition coefficient (Wildman–Crippen LogP) is 3.83. The highest BCUT2D eigenvalue weighted by molar-refractivity contribution is 7.19. The molecule has 3 aromatic rings. The van der Waals surface area contributed by atoms with E-state index in [0.717, 1.165) is 19.8 Å². The first-order valence-electron chi connectivity index (χ1n) is 6.21. The van der Waals surface area contributed by atoms with Crippen LogP contribution < -0.4 is 11.1 Å². The first-order chi connectivity index (χ1) is 10.0. The van der Waals surface area contributed by atoms with Crippen molar-refractivity contribution >= 4 is 56.1 Å². The zero-order valence-electron chi connectivity index (χ0n) is 11.1. The van der Waals surface area contributed by atoms with Crippen LogP contribution in [0.1, 0.15) is 19.4 Å². The Hall–Kier alpha value is -1.63. The van der Waals surface area contributed by atoms with Crippen LogP contribution in [-0.2, 0) is 6.54 Å². The van der Waals surface area contributed by atoms with Gasteiger partial charge in [0.05, 0.1) is 16.4 Å². The number of nitrogen functional groups attached to an aromatic ring is 1. The Bertz CT molecular complexity index is 805. The summed E-state index contributed by atoms with van der Waals surface area (Å²) < 4.78 is 1.07. The number of carbonyl (C=O) groups excluding carboxylic acids is 1. The van der Waals surface area contributed by atoms with E-state index in [1.165, 1.54) is 11.3 Å². The number of nitrogens with one attached hydrogen (secondary N) is 1. The summed E-state index contributed by atoms with van der Waals surface area (Å²) >= 11 is 8.97. The van der Waals surface area contributed by atoms with Gasteiger partial charge in [-0.25, -0.2) is 4.98 Å². The number of rotatable bonds is 3. The number of hydrogen-bond donors (Lipinski definition) is 2. The lowest BCUT2D eigenvalue weighted by atomic mass is 10.3. The van der Waals surface area contributed by atoms with Gasteiger partial charge in [0.2, 0.25) is 0 Å². The molecule has 21 heavy (non-hydrogen) atoms. The molecule has 7 heteroatoms. The van der Waals surface area contributed by atoms with Crippen LogP contribution in [0.4, 0.5) is 5.82 Å². The maximum atomic E-state index is 12.1. The van der Waals surface area contributed by atoms with Crippen molar-refractivity contribution in [3.05, 3.63) is 44.1 Å². The number of thiophene rings is 2. The largest absolute Gasteiger partial charge is 0.383 e. The maximum Gasteiger partial charge on any atom is 0.261 e. The van der Waals surface area contributed by atoms with Gasteiger partial charge in [0.1, 0.15) is 5.82 Å². The van der Waals surface area contributed by atoms with Crippen molar-refractivity contribution < 1.29 is 4.79 Å². The van der Waals surface area contributed by atoms with Crippen LogP contribution in [0.15, 0.2) is 24.4 Å². The summed E-state index contributed by atoms with van der Waals surface area (Å²) in [6.45, 7) is 2.36. The number of pyridine rings is 1. The quantitative estimate of drug-likeness (QED) is 0.763. The fraction of sp³-hybridized carbons (Fsp3) is 0.143. The number of anilines is 1. The highest BCUT2D eigenvalue weighted by atomic mass is 35.5. The molecule has 3 rings (SSSR count). The van der Waals surface area contributed by atoms with Crippen molar-refractivity contribution in [2.75, 3.05) is 5.73 Å². The van der Waals surface area contributed by atoms with Crippen molar-refractivity contribution in [2.24, 2.45) is 0 Å². The van der Waals surface area contributed by atoms with E-state index >= 15 is 0 Å². The van der Waals surface area contributed by atoms with Crippen LogP contribution in [0, 0.1) is 6.92 Å². The van der Waals surface area contributed by atoms with E-state index in [1.54, 1.807) is 23.6 Å². The third-order valence-electron chi connectivity index (χ3n) is 3.03. The summed E-state index contributed by atoms with van der Waals surface area (Å²) in [5.74, 6) is 0.403. The van der Waals surface area contributed by atoms with Gasteiger partial charge in [-0.15, -0.1) is 22.7 Å². The Kier molecular flexibility index (Phi) is 3.84. The molecule has 4 nitrogen and oxygen atoms in total. The summed E-state index contributed by atoms with van der Waals surface area (Å²) in [4.78, 5) is 18.7. The third-order valence-corrected chi connectivity index (χ3v) is 5.69. The molecular weight excluding hydrogens is 326 g/mol. The van der Waals surface area contributed by atoms with E-state index in [2.05, 4.69) is 10.3 Å². The van der Waals surface area contributed by atoms with Gasteiger partial charge >= 0.3 is 0 Å². The summed E-state index contributed by atoms with van der Waals surface area (Å²) in [7, 11) is 0. The fourth-order valence-corrected chi connectivity index (χ4v) is 4.07. The van der Waals surface area contributed by atoms with Crippen LogP contribution in [0.25, 0.3) is 10.1 Å². The van der Waals surface area contributed by atoms with Gasteiger partial charge in [0.25, 0.3) is 5.91 Å². The predicted molar refractivity (Wildman–Crippen MR) is 89.3 cm³/mol. The Balaban J connectivity index is 1.74. The molecule has 0 aromatic carbocycles. The second-order valence-electron chi connectivity index (χ2n) is 4.52. The van der Waals surface area contributed by atoms with Crippen LogP contribution in [-0.4, -0.2) is 10.9 Å². The number of carbonyl (C=O) groups is 1. The molecule has 0 aliphatic carbocycles. The van der Waals surface area contributed by atoms with Gasteiger partial charge in [-0.05, 0) is 25.1 Å². The van der Waals surface area contributed by atoms with Gasteiger partial charge in [-0.3, -0.25) is 4.79 Å². The number of aryl methyl sites for hydroxylation is 1. The molecule has 0 radical (unpaired) electrons. The fourth-order valence-electron chi connectivity index (χ4n) is 1.95. The van der Waals surface area contributed by atoms with Crippen molar-refractivity contribution in [1.82, 2.24) is 10.3 Å². The first kappa shape index (κ1) is 14.3. The van der Waals surface area contributed by atoms with Crippen LogP contribution >= 0.6 is 34.3 Å². The SMILES string of the molecule is Cc1sc(C(=O)NCc2cc3c(N)nccc3s2)cc1Cl. The number of amides is 1. The van der Waals surface area contributed by atoms with Crippen molar-refractivity contribution in [2.45, 2.75) is 13.5 Å². The Morgan fingerprint density at radius 2 is 2.24 bits per heavy atom. The first-order valence-corrected chi connectivity index (χ1v) is 8.22. The van der Waals surface area contributed by atoms with E-state index < -0.39 is 0 Å². The number of halogens is 1. The average molecular weight is 338 g/mol. The molecule has 3 aromatic heterocycles. The lowest BCUT2D eigenvalue weighted by molar-refractivity contribution is 0.0955. The van der Waals surface area contributed by atoms with E-state index in [-0.39, 0.29) is 5.91 Å². The number of nitrogens with zero attached hydrogens (tertiary/aromatic N) is 1. The minimum absolute atomic E-state index is 0.112. The highest BCUT2D eigenvalue weighted by Crippen LogP contribution is 2.29. The Morgan fingerprint density at radius 3 is 2.90 bits per heavy atom. The van der Waals surface area contributed by atoms with Gasteiger partial charge in [-0.2, -0.15) is 0 Å². The van der Waals surface area contributed by atoms with Crippen LogP contribution in [0.2, 0.25) is 5.02 Å². The highest BCUT2D eigenvalue weighted by Gasteiger charge is 2.12. The number of nitrogens with two attached hydrogens (primary N) is 1. The Labute approximate surface area is 134 Å². The average Bonchev–Trinajstić information content (AvgIpc) is 3.01. The molecule has 0 unspecified atom stereocenters. The monoisotopic (exact) mass is 337 g/mol. The van der Waals surface area contributed by atoms with E-state index in [4.69, 9.17) is 17.3 Å². The van der Waals surface area contributed by atoms with Crippen molar-refractivity contribution in [3.8, 4) is 0 Å². The van der Waals surface area contributed by atoms with Gasteiger partial charge in [0.15, 0.2) is 0 Å². The smallest absolute Gasteiger partial charge is 0.261 e. The number of hydrogen-bond acceptors (Lipinski definition) is 5. The molecule has 3 heterocycles. The molecule has 0 aliphatic heterocycles. The summed E-state index contributed by atoms with van der Waals surface area (Å²) in [5, 5.41) is 4.46. The summed E-state index contributed by atoms with van der Waals surface area (Å²) in [5.41, 5.74) is 5.83. The molecule has 108 valence electrons. The normalized spacial score (nSPS) is 11.0. The molecular formula is C14H12ClN3OS2. The number of fused-ring (bicyclic) bond motifs is 1. The summed E-state index contributed by atoms with van der Waals surface area (Å²) in [6.07, 6.45) is 1.69. The summed E-state index contributed by atoms with van der Waals surface area (Å²) in [6, 6.07) is 5.59. The molecule has 0 saturated heterocycles. The molecule has 0 spiro atoms. The minimum atomic E-state index is -0.112. The lowest BCUT2D eigenvalue weighted by Gasteiger charge is -2.00. The second kappa shape index (κ2) is 5.63. The molecule has 0 fully saturated rings. The molecule has 1 amide bonds. The van der Waals surface area contributed by atoms with Crippen molar-refractivity contribution in [3.63, 3.8) is 0 Å². The second-order valence-corrected chi connectivity index (χ2v) is 7.35. The van der Waals surface area contributed by atoms with E-state index in [9.17, 15) is 4.79 Å². The molecule has 0 bridgehead atoms. The minimum Gasteiger partial charge on any atom is -0.383 e. The molecule has 0 saturated carbocycles. The molecule has 3 N–H and O–H groups in total. The Morgan fingerprint density at radius 1 is 1.43 bits per heavy atom. The third kappa shape index (κ3) is 2.88. The number of aromatic nitrogens is 1. The van der Waals surface area contributed by atoms with Crippen LogP contribution in [0.3, 0.4) is 0 Å². The van der Waals surface area contributed by atoms with Gasteiger partial charge in [-0.1, -0.05) is 11.6 Å². The molecule has 0 atom stereocenters. The zero-order chi connectivity index (χ0) is 15.0. The van der Waals surface area contributed by atoms with Crippen molar-refractivity contribution in [1.29, 1.82) is 0 Å². The lowest BCUT2D eigenvalue weighted by Crippen LogP contribution is -2.21. The molecule has 0 aliphatic rings. The van der Waals surface area contributed by atoms with Gasteiger partial charge in [0, 0.05) is 26.0 Å². The zero-order valence-corrected chi connectivity index (χ0v) is 13.5. The maximum absolute atomic E-state index is 12.1. The topological polar surface area (TPSA) is 68.0 Å².